The second kappa shape index (κ2) is 4.34. The van der Waals surface area contributed by atoms with Gasteiger partial charge in [-0.25, -0.2) is 0 Å². The van der Waals surface area contributed by atoms with E-state index < -0.39 is 17.8 Å². The topological polar surface area (TPSA) is 80.4 Å². The van der Waals surface area contributed by atoms with Crippen LogP contribution >= 0.6 is 15.9 Å². The summed E-state index contributed by atoms with van der Waals surface area (Å²) in [6.07, 6.45) is 0. The normalized spacial score (nSPS) is 12.1. The molecule has 0 aliphatic carbocycles. The first-order valence-electron chi connectivity index (χ1n) is 3.80. The fourth-order valence-corrected chi connectivity index (χ4v) is 1.33. The minimum atomic E-state index is -1.50. The minimum absolute atomic E-state index is 0.286. The van der Waals surface area contributed by atoms with Gasteiger partial charge in [-0.15, -0.1) is 0 Å². The Morgan fingerprint density at radius 2 is 2.07 bits per heavy atom. The molecule has 0 radical (unpaired) electrons. The highest BCUT2D eigenvalue weighted by molar-refractivity contribution is 9.10. The second-order valence-electron chi connectivity index (χ2n) is 2.69. The van der Waals surface area contributed by atoms with Gasteiger partial charge in [0.25, 0.3) is 0 Å². The number of nitrogens with two attached hydrogens (primary N) is 1. The Labute approximate surface area is 88.9 Å². The number of Topliss-reactive ketones (excluding diaryl/α,β-unsaturated/α-hetero) is 1. The van der Waals surface area contributed by atoms with Crippen LogP contribution < -0.4 is 5.73 Å². The van der Waals surface area contributed by atoms with Crippen molar-refractivity contribution in [3.8, 4) is 0 Å². The van der Waals surface area contributed by atoms with Gasteiger partial charge in [0, 0.05) is 10.0 Å². The molecule has 14 heavy (non-hydrogen) atoms. The summed E-state index contributed by atoms with van der Waals surface area (Å²) in [4.78, 5) is 21.9. The number of carbonyl (C=O) groups excluding carboxylic acids is 1. The summed E-state index contributed by atoms with van der Waals surface area (Å²) in [7, 11) is 0. The molecule has 0 aliphatic rings. The van der Waals surface area contributed by atoms with Gasteiger partial charge in [0.2, 0.25) is 0 Å². The Morgan fingerprint density at radius 3 is 2.57 bits per heavy atom. The molecule has 1 rings (SSSR count). The van der Waals surface area contributed by atoms with Crippen molar-refractivity contribution >= 4 is 27.7 Å². The van der Waals surface area contributed by atoms with Crippen LogP contribution in [-0.2, 0) is 4.79 Å². The number of aliphatic carboxylic acids is 1. The van der Waals surface area contributed by atoms with Crippen molar-refractivity contribution in [3.05, 3.63) is 34.3 Å². The highest BCUT2D eigenvalue weighted by Gasteiger charge is 2.22. The first-order valence-corrected chi connectivity index (χ1v) is 4.60. The number of halogens is 1. The quantitative estimate of drug-likeness (QED) is 0.627. The summed E-state index contributed by atoms with van der Waals surface area (Å²) in [5.41, 5.74) is 5.46. The predicted octanol–water partition coefficient (Wildman–Crippen LogP) is 1.04. The van der Waals surface area contributed by atoms with Crippen LogP contribution in [0.5, 0.6) is 0 Å². The fourth-order valence-electron chi connectivity index (χ4n) is 0.933. The summed E-state index contributed by atoms with van der Waals surface area (Å²) < 4.78 is 0.709. The zero-order valence-corrected chi connectivity index (χ0v) is 8.69. The third-order valence-corrected chi connectivity index (χ3v) is 2.15. The molecule has 0 aromatic heterocycles. The number of benzene rings is 1. The molecule has 0 spiro atoms. The summed E-state index contributed by atoms with van der Waals surface area (Å²) >= 11 is 3.18. The Kier molecular flexibility index (Phi) is 3.38. The smallest absolute Gasteiger partial charge is 0.328 e. The molecule has 1 aromatic carbocycles. The highest BCUT2D eigenvalue weighted by atomic mass is 79.9. The van der Waals surface area contributed by atoms with E-state index in [1.54, 1.807) is 12.1 Å². The van der Waals surface area contributed by atoms with Gasteiger partial charge in [-0.1, -0.05) is 28.1 Å². The standard InChI is InChI=1S/C9H8BrNO3/c10-6-3-1-2-5(4-6)8(12)7(11)9(13)14/h1-4,7H,11H2,(H,13,14). The first kappa shape index (κ1) is 10.9. The van der Waals surface area contributed by atoms with Gasteiger partial charge in [-0.05, 0) is 12.1 Å². The maximum atomic E-state index is 11.4. The van der Waals surface area contributed by atoms with E-state index in [9.17, 15) is 9.59 Å². The molecule has 1 unspecified atom stereocenters. The van der Waals surface area contributed by atoms with Crippen LogP contribution in [0.1, 0.15) is 10.4 Å². The Balaban J connectivity index is 2.95. The molecule has 0 saturated heterocycles. The monoisotopic (exact) mass is 257 g/mol. The van der Waals surface area contributed by atoms with E-state index >= 15 is 0 Å². The molecular weight excluding hydrogens is 250 g/mol. The molecule has 0 amide bonds. The lowest BCUT2D eigenvalue weighted by Crippen LogP contribution is -2.38. The minimum Gasteiger partial charge on any atom is -0.480 e. The maximum absolute atomic E-state index is 11.4. The van der Waals surface area contributed by atoms with Crippen molar-refractivity contribution in [2.45, 2.75) is 6.04 Å². The lowest BCUT2D eigenvalue weighted by molar-refractivity contribution is -0.137. The average Bonchev–Trinajstić information content (AvgIpc) is 2.15. The SMILES string of the molecule is NC(C(=O)O)C(=O)c1cccc(Br)c1. The number of carbonyl (C=O) groups is 2. The van der Waals surface area contributed by atoms with Gasteiger partial charge in [-0.2, -0.15) is 0 Å². The number of carboxylic acids is 1. The van der Waals surface area contributed by atoms with Crippen molar-refractivity contribution in [2.75, 3.05) is 0 Å². The first-order chi connectivity index (χ1) is 6.52. The Bertz CT molecular complexity index is 378. The Morgan fingerprint density at radius 1 is 1.43 bits per heavy atom. The number of hydrogen-bond acceptors (Lipinski definition) is 3. The van der Waals surface area contributed by atoms with Gasteiger partial charge in [-0.3, -0.25) is 9.59 Å². The molecule has 1 atom stereocenters. The molecule has 74 valence electrons. The van der Waals surface area contributed by atoms with E-state index in [1.807, 2.05) is 0 Å². The van der Waals surface area contributed by atoms with Crippen LogP contribution in [-0.4, -0.2) is 22.9 Å². The van der Waals surface area contributed by atoms with Gasteiger partial charge < -0.3 is 10.8 Å². The lowest BCUT2D eigenvalue weighted by atomic mass is 10.1. The van der Waals surface area contributed by atoms with Crippen LogP contribution in [0.3, 0.4) is 0 Å². The van der Waals surface area contributed by atoms with Gasteiger partial charge in [0.15, 0.2) is 11.8 Å². The molecule has 3 N–H and O–H groups in total. The molecule has 0 heterocycles. The van der Waals surface area contributed by atoms with E-state index in [0.717, 1.165) is 0 Å². The van der Waals surface area contributed by atoms with E-state index in [0.29, 0.717) is 4.47 Å². The van der Waals surface area contributed by atoms with Crippen molar-refractivity contribution in [1.82, 2.24) is 0 Å². The molecule has 0 bridgehead atoms. The molecular formula is C9H8BrNO3. The van der Waals surface area contributed by atoms with Gasteiger partial charge >= 0.3 is 5.97 Å². The maximum Gasteiger partial charge on any atom is 0.328 e. The summed E-state index contributed by atoms with van der Waals surface area (Å²) in [5.74, 6) is -1.92. The molecule has 5 heteroatoms. The number of carboxylic acid groups (broad SMARTS) is 1. The molecule has 0 fully saturated rings. The van der Waals surface area contributed by atoms with E-state index in [-0.39, 0.29) is 5.56 Å². The van der Waals surface area contributed by atoms with E-state index in [1.165, 1.54) is 12.1 Å². The largest absolute Gasteiger partial charge is 0.480 e. The van der Waals surface area contributed by atoms with Crippen LogP contribution in [0.15, 0.2) is 28.7 Å². The number of rotatable bonds is 3. The van der Waals surface area contributed by atoms with E-state index in [2.05, 4.69) is 15.9 Å². The van der Waals surface area contributed by atoms with Crippen LogP contribution in [0.2, 0.25) is 0 Å². The summed E-state index contributed by atoms with van der Waals surface area (Å²) in [6.45, 7) is 0. The Hall–Kier alpha value is -1.20. The molecule has 1 aromatic rings. The number of hydrogen-bond donors (Lipinski definition) is 2. The molecule has 0 aliphatic heterocycles. The van der Waals surface area contributed by atoms with Crippen molar-refractivity contribution in [3.63, 3.8) is 0 Å². The van der Waals surface area contributed by atoms with Gasteiger partial charge in [0.05, 0.1) is 0 Å². The fraction of sp³-hybridized carbons (Fsp3) is 0.111. The summed E-state index contributed by atoms with van der Waals surface area (Å²) in [5, 5.41) is 8.53. The van der Waals surface area contributed by atoms with Crippen LogP contribution in [0.4, 0.5) is 0 Å². The lowest BCUT2D eigenvalue weighted by Gasteiger charge is -2.05. The van der Waals surface area contributed by atoms with Crippen molar-refractivity contribution in [1.29, 1.82) is 0 Å². The third-order valence-electron chi connectivity index (χ3n) is 1.66. The van der Waals surface area contributed by atoms with Crippen molar-refractivity contribution < 1.29 is 14.7 Å². The zero-order chi connectivity index (χ0) is 10.7. The van der Waals surface area contributed by atoms with Crippen LogP contribution in [0, 0.1) is 0 Å². The highest BCUT2D eigenvalue weighted by Crippen LogP contribution is 2.12. The van der Waals surface area contributed by atoms with E-state index in [4.69, 9.17) is 10.8 Å². The average molecular weight is 258 g/mol. The zero-order valence-electron chi connectivity index (χ0n) is 7.11. The number of ketones is 1. The van der Waals surface area contributed by atoms with Gasteiger partial charge in [0.1, 0.15) is 0 Å². The van der Waals surface area contributed by atoms with Crippen LogP contribution in [0.25, 0.3) is 0 Å². The summed E-state index contributed by atoms with van der Waals surface area (Å²) in [6, 6.07) is 4.94. The third kappa shape index (κ3) is 2.40. The second-order valence-corrected chi connectivity index (χ2v) is 3.61. The predicted molar refractivity (Wildman–Crippen MR) is 54.1 cm³/mol. The van der Waals surface area contributed by atoms with Crippen molar-refractivity contribution in [2.24, 2.45) is 5.73 Å². The molecule has 0 saturated carbocycles. The molecule has 4 nitrogen and oxygen atoms in total.